The van der Waals surface area contributed by atoms with Crippen molar-refractivity contribution in [2.75, 3.05) is 13.2 Å². The van der Waals surface area contributed by atoms with Gasteiger partial charge in [0.2, 0.25) is 0 Å². The van der Waals surface area contributed by atoms with Crippen LogP contribution in [0, 0.1) is 5.92 Å². The van der Waals surface area contributed by atoms with Crippen molar-refractivity contribution in [2.45, 2.75) is 13.0 Å². The predicted molar refractivity (Wildman–Crippen MR) is 110 cm³/mol. The Morgan fingerprint density at radius 1 is 1.10 bits per heavy atom. The number of amides is 3. The van der Waals surface area contributed by atoms with Crippen molar-refractivity contribution in [2.24, 2.45) is 5.92 Å². The van der Waals surface area contributed by atoms with Gasteiger partial charge in [0.15, 0.2) is 0 Å². The van der Waals surface area contributed by atoms with Crippen LogP contribution in [0.4, 0.5) is 4.79 Å². The number of carbonyl (C=O) groups is 3. The van der Waals surface area contributed by atoms with E-state index in [-0.39, 0.29) is 13.2 Å². The largest absolute Gasteiger partial charge is 0.491 e. The van der Waals surface area contributed by atoms with Gasteiger partial charge in [-0.25, -0.2) is 10.3 Å². The van der Waals surface area contributed by atoms with Crippen LogP contribution >= 0.6 is 0 Å². The van der Waals surface area contributed by atoms with Crippen molar-refractivity contribution >= 4 is 17.9 Å². The summed E-state index contributed by atoms with van der Waals surface area (Å²) in [6, 6.07) is 14.9. The minimum Gasteiger partial charge on any atom is -0.491 e. The standard InChI is InChI=1S/C22H24N2O7/c1-15(10-11-19(26)24-29)20(17-8-5-9-18(14-17)30-13-12-25)31-22(28)23-21(27)16-6-3-2-4-7-16/h2-11,14-15,20,25,29H,12-13H2,1H3,(H,24,26)(H,23,27,28)/b11-10+/t15-,20-/m0/s1. The third-order valence-electron chi connectivity index (χ3n) is 4.17. The Balaban J connectivity index is 2.20. The molecule has 164 valence electrons. The van der Waals surface area contributed by atoms with Crippen LogP contribution < -0.4 is 15.5 Å². The zero-order valence-electron chi connectivity index (χ0n) is 16.9. The number of hydroxylamine groups is 1. The molecule has 2 aromatic rings. The highest BCUT2D eigenvalue weighted by Gasteiger charge is 2.24. The van der Waals surface area contributed by atoms with Crippen molar-refractivity contribution in [1.82, 2.24) is 10.8 Å². The Kier molecular flexibility index (Phi) is 9.21. The molecule has 0 aliphatic carbocycles. The van der Waals surface area contributed by atoms with Crippen LogP contribution in [0.5, 0.6) is 5.75 Å². The quantitative estimate of drug-likeness (QED) is 0.274. The smallest absolute Gasteiger partial charge is 0.414 e. The second-order valence-corrected chi connectivity index (χ2v) is 6.48. The van der Waals surface area contributed by atoms with Gasteiger partial charge in [-0.15, -0.1) is 0 Å². The minimum atomic E-state index is -0.965. The summed E-state index contributed by atoms with van der Waals surface area (Å²) in [7, 11) is 0. The van der Waals surface area contributed by atoms with E-state index in [9.17, 15) is 14.4 Å². The van der Waals surface area contributed by atoms with Gasteiger partial charge in [-0.05, 0) is 29.8 Å². The summed E-state index contributed by atoms with van der Waals surface area (Å²) < 4.78 is 10.9. The summed E-state index contributed by atoms with van der Waals surface area (Å²) in [5, 5.41) is 19.8. The fraction of sp³-hybridized carbons (Fsp3) is 0.227. The Hall–Kier alpha value is -3.69. The van der Waals surface area contributed by atoms with Crippen LogP contribution in [0.2, 0.25) is 0 Å². The fourth-order valence-corrected chi connectivity index (χ4v) is 2.70. The van der Waals surface area contributed by atoms with Gasteiger partial charge in [-0.1, -0.05) is 43.3 Å². The van der Waals surface area contributed by atoms with Gasteiger partial charge in [0.1, 0.15) is 18.5 Å². The monoisotopic (exact) mass is 428 g/mol. The van der Waals surface area contributed by atoms with Crippen molar-refractivity contribution in [3.63, 3.8) is 0 Å². The van der Waals surface area contributed by atoms with Crippen molar-refractivity contribution < 1.29 is 34.2 Å². The van der Waals surface area contributed by atoms with E-state index < -0.39 is 29.9 Å². The first-order chi connectivity index (χ1) is 14.9. The zero-order valence-corrected chi connectivity index (χ0v) is 16.9. The Labute approximate surface area is 179 Å². The summed E-state index contributed by atoms with van der Waals surface area (Å²) in [4.78, 5) is 35.9. The second kappa shape index (κ2) is 12.1. The number of hydrogen-bond acceptors (Lipinski definition) is 7. The Morgan fingerprint density at radius 2 is 1.84 bits per heavy atom. The number of carbonyl (C=O) groups excluding carboxylic acids is 3. The number of ether oxygens (including phenoxy) is 2. The molecular weight excluding hydrogens is 404 g/mol. The van der Waals surface area contributed by atoms with Crippen LogP contribution in [0.1, 0.15) is 28.9 Å². The number of hydrogen-bond donors (Lipinski definition) is 4. The van der Waals surface area contributed by atoms with E-state index in [4.69, 9.17) is 19.8 Å². The van der Waals surface area contributed by atoms with Crippen molar-refractivity contribution in [3.8, 4) is 5.75 Å². The van der Waals surface area contributed by atoms with E-state index >= 15 is 0 Å². The first kappa shape index (κ1) is 23.6. The number of rotatable bonds is 9. The molecule has 9 nitrogen and oxygen atoms in total. The van der Waals surface area contributed by atoms with E-state index in [1.807, 2.05) is 0 Å². The SMILES string of the molecule is C[C@@H](/C=C/C(=O)NO)[C@H](OC(=O)NC(=O)c1ccccc1)c1cccc(OCCO)c1. The minimum absolute atomic E-state index is 0.0904. The summed E-state index contributed by atoms with van der Waals surface area (Å²) in [5.74, 6) is -1.42. The number of aliphatic hydroxyl groups excluding tert-OH is 1. The zero-order chi connectivity index (χ0) is 22.6. The molecule has 0 heterocycles. The van der Waals surface area contributed by atoms with E-state index in [0.29, 0.717) is 16.9 Å². The van der Waals surface area contributed by atoms with E-state index in [0.717, 1.165) is 6.08 Å². The van der Waals surface area contributed by atoms with Crippen LogP contribution in [0.15, 0.2) is 66.7 Å². The number of imide groups is 1. The third-order valence-corrected chi connectivity index (χ3v) is 4.17. The van der Waals surface area contributed by atoms with Crippen molar-refractivity contribution in [1.29, 1.82) is 0 Å². The Bertz CT molecular complexity index is 915. The highest BCUT2D eigenvalue weighted by molar-refractivity contribution is 6.02. The second-order valence-electron chi connectivity index (χ2n) is 6.48. The molecule has 0 aliphatic heterocycles. The van der Waals surface area contributed by atoms with Gasteiger partial charge in [-0.2, -0.15) is 0 Å². The van der Waals surface area contributed by atoms with Gasteiger partial charge in [0, 0.05) is 17.6 Å². The van der Waals surface area contributed by atoms with E-state index in [2.05, 4.69) is 5.32 Å². The maximum atomic E-state index is 12.4. The maximum absolute atomic E-state index is 12.4. The molecule has 4 N–H and O–H groups in total. The summed E-state index contributed by atoms with van der Waals surface area (Å²) in [5.41, 5.74) is 2.32. The lowest BCUT2D eigenvalue weighted by Crippen LogP contribution is -2.33. The Morgan fingerprint density at radius 3 is 2.52 bits per heavy atom. The van der Waals surface area contributed by atoms with Crippen LogP contribution in [0.3, 0.4) is 0 Å². The third kappa shape index (κ3) is 7.57. The first-order valence-electron chi connectivity index (χ1n) is 9.47. The molecule has 0 spiro atoms. The first-order valence-corrected chi connectivity index (χ1v) is 9.47. The van der Waals surface area contributed by atoms with Gasteiger partial charge < -0.3 is 14.6 Å². The maximum Gasteiger partial charge on any atom is 0.414 e. The van der Waals surface area contributed by atoms with Gasteiger partial charge in [-0.3, -0.25) is 20.1 Å². The number of aliphatic hydroxyl groups is 1. The number of nitrogens with one attached hydrogen (secondary N) is 2. The average molecular weight is 428 g/mol. The van der Waals surface area contributed by atoms with Crippen LogP contribution in [-0.2, 0) is 9.53 Å². The average Bonchev–Trinajstić information content (AvgIpc) is 2.80. The highest BCUT2D eigenvalue weighted by Crippen LogP contribution is 2.30. The molecule has 0 aliphatic rings. The molecular formula is C22H24N2O7. The molecule has 0 saturated carbocycles. The predicted octanol–water partition coefficient (Wildman–Crippen LogP) is 2.36. The van der Waals surface area contributed by atoms with Gasteiger partial charge in [0.05, 0.1) is 6.61 Å². The van der Waals surface area contributed by atoms with Gasteiger partial charge in [0.25, 0.3) is 11.8 Å². The molecule has 0 saturated heterocycles. The topological polar surface area (TPSA) is 134 Å². The number of benzene rings is 2. The van der Waals surface area contributed by atoms with Crippen molar-refractivity contribution in [3.05, 3.63) is 77.9 Å². The fourth-order valence-electron chi connectivity index (χ4n) is 2.70. The molecule has 9 heteroatoms. The summed E-state index contributed by atoms with van der Waals surface area (Å²) >= 11 is 0. The lowest BCUT2D eigenvalue weighted by atomic mass is 9.96. The lowest BCUT2D eigenvalue weighted by molar-refractivity contribution is -0.124. The van der Waals surface area contributed by atoms with Gasteiger partial charge >= 0.3 is 6.09 Å². The molecule has 2 aromatic carbocycles. The molecule has 31 heavy (non-hydrogen) atoms. The summed E-state index contributed by atoms with van der Waals surface area (Å²) in [6.07, 6.45) is 0.695. The molecule has 0 fully saturated rings. The van der Waals surface area contributed by atoms with Crippen LogP contribution in [-0.4, -0.2) is 41.4 Å². The lowest BCUT2D eigenvalue weighted by Gasteiger charge is -2.23. The highest BCUT2D eigenvalue weighted by atomic mass is 16.6. The molecule has 2 rings (SSSR count). The molecule has 2 atom stereocenters. The molecule has 0 aromatic heterocycles. The molecule has 0 radical (unpaired) electrons. The molecule has 3 amide bonds. The van der Waals surface area contributed by atoms with Crippen LogP contribution in [0.25, 0.3) is 0 Å². The normalized spacial score (nSPS) is 12.6. The van der Waals surface area contributed by atoms with E-state index in [1.165, 1.54) is 11.6 Å². The number of alkyl carbamates (subject to hydrolysis) is 1. The molecule has 0 bridgehead atoms. The summed E-state index contributed by atoms with van der Waals surface area (Å²) in [6.45, 7) is 1.62. The van der Waals surface area contributed by atoms with E-state index in [1.54, 1.807) is 61.5 Å². The molecule has 0 unspecified atom stereocenters.